The maximum atomic E-state index is 5.89. The van der Waals surface area contributed by atoms with Gasteiger partial charge in [0.1, 0.15) is 17.9 Å². The SMILES string of the molecule is CCCCCOc1cccc(CCNc2ncnc3ccc(N)cc23)c1. The summed E-state index contributed by atoms with van der Waals surface area (Å²) in [6, 6.07) is 14.0. The van der Waals surface area contributed by atoms with Crippen molar-refractivity contribution in [1.29, 1.82) is 0 Å². The number of nitrogen functional groups attached to an aromatic ring is 1. The van der Waals surface area contributed by atoms with E-state index >= 15 is 0 Å². The Kier molecular flexibility index (Phi) is 6.25. The lowest BCUT2D eigenvalue weighted by molar-refractivity contribution is 0.306. The lowest BCUT2D eigenvalue weighted by Gasteiger charge is -2.10. The van der Waals surface area contributed by atoms with Crippen LogP contribution in [0.5, 0.6) is 5.75 Å². The van der Waals surface area contributed by atoms with Gasteiger partial charge in [0, 0.05) is 17.6 Å². The molecule has 5 nitrogen and oxygen atoms in total. The first-order valence-electron chi connectivity index (χ1n) is 9.22. The average Bonchev–Trinajstić information content (AvgIpc) is 2.66. The smallest absolute Gasteiger partial charge is 0.137 e. The second kappa shape index (κ2) is 9.04. The number of fused-ring (bicyclic) bond motifs is 1. The Morgan fingerprint density at radius 1 is 1.08 bits per heavy atom. The first-order chi connectivity index (χ1) is 12.8. The molecule has 0 radical (unpaired) electrons. The van der Waals surface area contributed by atoms with E-state index in [1.54, 1.807) is 6.33 Å². The maximum Gasteiger partial charge on any atom is 0.137 e. The Morgan fingerprint density at radius 3 is 2.88 bits per heavy atom. The maximum absolute atomic E-state index is 5.89. The van der Waals surface area contributed by atoms with Crippen LogP contribution in [0.1, 0.15) is 31.7 Å². The topological polar surface area (TPSA) is 73.1 Å². The van der Waals surface area contributed by atoms with Crippen LogP contribution in [0.4, 0.5) is 11.5 Å². The summed E-state index contributed by atoms with van der Waals surface area (Å²) in [5.74, 6) is 1.76. The summed E-state index contributed by atoms with van der Waals surface area (Å²) in [6.45, 7) is 3.76. The van der Waals surface area contributed by atoms with Gasteiger partial charge in [-0.1, -0.05) is 31.9 Å². The van der Waals surface area contributed by atoms with Gasteiger partial charge in [0.2, 0.25) is 0 Å². The summed E-state index contributed by atoms with van der Waals surface area (Å²) in [5.41, 5.74) is 8.73. The first kappa shape index (κ1) is 18.0. The molecule has 0 spiro atoms. The van der Waals surface area contributed by atoms with Gasteiger partial charge >= 0.3 is 0 Å². The number of nitrogens with zero attached hydrogens (tertiary/aromatic N) is 2. The van der Waals surface area contributed by atoms with Crippen LogP contribution in [-0.2, 0) is 6.42 Å². The summed E-state index contributed by atoms with van der Waals surface area (Å²) in [4.78, 5) is 8.63. The molecule has 3 rings (SSSR count). The van der Waals surface area contributed by atoms with Crippen molar-refractivity contribution in [2.45, 2.75) is 32.6 Å². The van der Waals surface area contributed by atoms with Crippen LogP contribution >= 0.6 is 0 Å². The van der Waals surface area contributed by atoms with E-state index in [4.69, 9.17) is 10.5 Å². The average molecular weight is 350 g/mol. The molecular weight excluding hydrogens is 324 g/mol. The number of anilines is 2. The number of ether oxygens (including phenoxy) is 1. The molecule has 0 saturated carbocycles. The van der Waals surface area contributed by atoms with E-state index in [9.17, 15) is 0 Å². The van der Waals surface area contributed by atoms with Gasteiger partial charge in [0.05, 0.1) is 12.1 Å². The molecule has 0 aliphatic carbocycles. The van der Waals surface area contributed by atoms with Crippen molar-refractivity contribution in [3.8, 4) is 5.75 Å². The molecule has 0 amide bonds. The van der Waals surface area contributed by atoms with Crippen molar-refractivity contribution in [2.24, 2.45) is 0 Å². The minimum Gasteiger partial charge on any atom is -0.494 e. The summed E-state index contributed by atoms with van der Waals surface area (Å²) in [7, 11) is 0. The highest BCUT2D eigenvalue weighted by atomic mass is 16.5. The monoisotopic (exact) mass is 350 g/mol. The van der Waals surface area contributed by atoms with Crippen LogP contribution < -0.4 is 15.8 Å². The zero-order valence-corrected chi connectivity index (χ0v) is 15.2. The number of nitrogens with one attached hydrogen (secondary N) is 1. The number of rotatable bonds is 9. The lowest BCUT2D eigenvalue weighted by atomic mass is 10.1. The van der Waals surface area contributed by atoms with E-state index in [0.717, 1.165) is 48.5 Å². The van der Waals surface area contributed by atoms with Crippen LogP contribution in [0.3, 0.4) is 0 Å². The Morgan fingerprint density at radius 2 is 2.00 bits per heavy atom. The zero-order chi connectivity index (χ0) is 18.2. The summed E-state index contributed by atoms with van der Waals surface area (Å²) in [6.07, 6.45) is 5.98. The summed E-state index contributed by atoms with van der Waals surface area (Å²) in [5, 5.41) is 4.34. The van der Waals surface area contributed by atoms with E-state index in [2.05, 4.69) is 34.3 Å². The molecule has 5 heteroatoms. The molecule has 0 unspecified atom stereocenters. The molecule has 0 bridgehead atoms. The molecule has 1 aromatic heterocycles. The van der Waals surface area contributed by atoms with Crippen molar-refractivity contribution >= 4 is 22.4 Å². The van der Waals surface area contributed by atoms with Crippen molar-refractivity contribution in [3.05, 3.63) is 54.4 Å². The van der Waals surface area contributed by atoms with Crippen LogP contribution in [0.15, 0.2) is 48.8 Å². The summed E-state index contributed by atoms with van der Waals surface area (Å²) < 4.78 is 5.83. The van der Waals surface area contributed by atoms with E-state index in [0.29, 0.717) is 5.69 Å². The van der Waals surface area contributed by atoms with Crippen LogP contribution in [-0.4, -0.2) is 23.1 Å². The fraction of sp³-hybridized carbons (Fsp3) is 0.333. The van der Waals surface area contributed by atoms with Gasteiger partial charge in [-0.15, -0.1) is 0 Å². The molecule has 3 aromatic rings. The Labute approximate surface area is 154 Å². The molecule has 3 N–H and O–H groups in total. The highest BCUT2D eigenvalue weighted by Crippen LogP contribution is 2.22. The predicted octanol–water partition coefficient (Wildman–Crippen LogP) is 4.44. The van der Waals surface area contributed by atoms with Gasteiger partial charge in [0.25, 0.3) is 0 Å². The highest BCUT2D eigenvalue weighted by Gasteiger charge is 2.04. The van der Waals surface area contributed by atoms with Gasteiger partial charge in [0.15, 0.2) is 0 Å². The normalized spacial score (nSPS) is 10.8. The third kappa shape index (κ3) is 4.85. The standard InChI is InChI=1S/C21H26N4O/c1-2-3-4-12-26-18-7-5-6-16(13-18)10-11-23-21-19-14-17(22)8-9-20(19)24-15-25-21/h5-9,13-15H,2-4,10-12,22H2,1H3,(H,23,24,25). The number of hydrogen-bond acceptors (Lipinski definition) is 5. The molecule has 26 heavy (non-hydrogen) atoms. The van der Waals surface area contributed by atoms with Gasteiger partial charge in [-0.05, 0) is 48.7 Å². The van der Waals surface area contributed by atoms with Crippen LogP contribution in [0.2, 0.25) is 0 Å². The molecule has 1 heterocycles. The highest BCUT2D eigenvalue weighted by molar-refractivity contribution is 5.91. The van der Waals surface area contributed by atoms with E-state index < -0.39 is 0 Å². The molecule has 0 fully saturated rings. The van der Waals surface area contributed by atoms with E-state index in [1.165, 1.54) is 18.4 Å². The van der Waals surface area contributed by atoms with E-state index in [1.807, 2.05) is 30.3 Å². The first-order valence-corrected chi connectivity index (χ1v) is 9.22. The van der Waals surface area contributed by atoms with Crippen molar-refractivity contribution in [2.75, 3.05) is 24.2 Å². The fourth-order valence-electron chi connectivity index (χ4n) is 2.87. The second-order valence-electron chi connectivity index (χ2n) is 6.38. The number of nitrogens with two attached hydrogens (primary N) is 1. The number of benzene rings is 2. The van der Waals surface area contributed by atoms with Gasteiger partial charge in [-0.3, -0.25) is 0 Å². The van der Waals surface area contributed by atoms with Crippen molar-refractivity contribution in [3.63, 3.8) is 0 Å². The summed E-state index contributed by atoms with van der Waals surface area (Å²) >= 11 is 0. The molecule has 0 saturated heterocycles. The molecule has 2 aromatic carbocycles. The molecule has 0 aliphatic rings. The Bertz CT molecular complexity index is 850. The molecule has 0 aliphatic heterocycles. The lowest BCUT2D eigenvalue weighted by Crippen LogP contribution is -2.07. The largest absolute Gasteiger partial charge is 0.494 e. The van der Waals surface area contributed by atoms with Gasteiger partial charge in [-0.25, -0.2) is 9.97 Å². The van der Waals surface area contributed by atoms with Crippen LogP contribution in [0, 0.1) is 0 Å². The van der Waals surface area contributed by atoms with Gasteiger partial charge in [-0.2, -0.15) is 0 Å². The quantitative estimate of drug-likeness (QED) is 0.441. The molecule has 136 valence electrons. The molecule has 0 atom stereocenters. The van der Waals surface area contributed by atoms with Crippen molar-refractivity contribution in [1.82, 2.24) is 9.97 Å². The molecular formula is C21H26N4O. The van der Waals surface area contributed by atoms with Gasteiger partial charge < -0.3 is 15.8 Å². The number of unbranched alkanes of at least 4 members (excludes halogenated alkanes) is 2. The third-order valence-electron chi connectivity index (χ3n) is 4.28. The third-order valence-corrected chi connectivity index (χ3v) is 4.28. The number of aromatic nitrogens is 2. The number of hydrogen-bond donors (Lipinski definition) is 2. The minimum absolute atomic E-state index is 0.711. The second-order valence-corrected chi connectivity index (χ2v) is 6.38. The van der Waals surface area contributed by atoms with E-state index in [-0.39, 0.29) is 0 Å². The van der Waals surface area contributed by atoms with Crippen LogP contribution in [0.25, 0.3) is 10.9 Å². The minimum atomic E-state index is 0.711. The van der Waals surface area contributed by atoms with Crippen molar-refractivity contribution < 1.29 is 4.74 Å². The zero-order valence-electron chi connectivity index (χ0n) is 15.2. The fourth-order valence-corrected chi connectivity index (χ4v) is 2.87. The Balaban J connectivity index is 1.57. The Hall–Kier alpha value is -2.82. The predicted molar refractivity (Wildman–Crippen MR) is 108 cm³/mol.